The number of sulfonamides is 1. The van der Waals surface area contributed by atoms with Crippen LogP contribution in [0.4, 0.5) is 5.69 Å². The number of carbonyl (C=O) groups excluding carboxylic acids is 2. The largest absolute Gasteiger partial charge is 0.326 e. The lowest BCUT2D eigenvalue weighted by Crippen LogP contribution is -2.11. The Hall–Kier alpha value is -2.69. The monoisotopic (exact) mass is 446 g/mol. The number of nitrogens with one attached hydrogen (secondary N) is 1. The van der Waals surface area contributed by atoms with E-state index in [0.29, 0.717) is 34.9 Å². The van der Waals surface area contributed by atoms with Gasteiger partial charge in [0.1, 0.15) is 0 Å². The average molecular weight is 447 g/mol. The molecular weight excluding hydrogens is 424 g/mol. The topological polar surface area (TPSA) is 124 Å². The number of fused-ring (bicyclic) bond motifs is 1. The Kier molecular flexibility index (Phi) is 6.59. The van der Waals surface area contributed by atoms with Crippen LogP contribution in [0.25, 0.3) is 11.0 Å². The van der Waals surface area contributed by atoms with Crippen LogP contribution in [0.5, 0.6) is 0 Å². The zero-order valence-corrected chi connectivity index (χ0v) is 18.2. The molecule has 2 aromatic carbocycles. The Balaban J connectivity index is 1.76. The molecule has 10 heteroatoms. The number of anilines is 1. The fraction of sp³-hybridized carbons (Fsp3) is 0.250. The summed E-state index contributed by atoms with van der Waals surface area (Å²) in [4.78, 5) is 28.5. The number of aromatic nitrogens is 2. The number of aryl methyl sites for hydroxylation is 1. The van der Waals surface area contributed by atoms with Gasteiger partial charge in [-0.25, -0.2) is 18.5 Å². The van der Waals surface area contributed by atoms with Crippen LogP contribution in [0.2, 0.25) is 0 Å². The molecule has 0 fully saturated rings. The van der Waals surface area contributed by atoms with E-state index in [1.807, 2.05) is 11.5 Å². The molecule has 158 valence electrons. The van der Waals surface area contributed by atoms with Crippen LogP contribution in [0.1, 0.15) is 30.6 Å². The standard InChI is InChI=1S/C20H22N4O4S2/c1-3-19(26)22-14-7-5-13(6-8-14)18(25)12-29-20-23-16-11-15(30(21,27)28)9-10-17(16)24(20)4-2/h5-11H,3-4,12H2,1-2H3,(H,22,26)(H2,21,27,28). The molecule has 0 aliphatic heterocycles. The van der Waals surface area contributed by atoms with E-state index in [-0.39, 0.29) is 22.3 Å². The maximum atomic E-state index is 12.6. The lowest BCUT2D eigenvalue weighted by molar-refractivity contribution is -0.115. The first-order chi connectivity index (χ1) is 14.2. The summed E-state index contributed by atoms with van der Waals surface area (Å²) in [5, 5.41) is 8.56. The fourth-order valence-corrected chi connectivity index (χ4v) is 4.39. The van der Waals surface area contributed by atoms with Crippen molar-refractivity contribution in [1.29, 1.82) is 0 Å². The van der Waals surface area contributed by atoms with Gasteiger partial charge < -0.3 is 9.88 Å². The molecule has 1 heterocycles. The summed E-state index contributed by atoms with van der Waals surface area (Å²) in [5.74, 6) is 0.00783. The molecule has 30 heavy (non-hydrogen) atoms. The summed E-state index contributed by atoms with van der Waals surface area (Å²) in [5.41, 5.74) is 2.46. The van der Waals surface area contributed by atoms with Crippen molar-refractivity contribution in [2.45, 2.75) is 36.9 Å². The number of benzene rings is 2. The molecule has 0 atom stereocenters. The maximum absolute atomic E-state index is 12.6. The van der Waals surface area contributed by atoms with E-state index in [2.05, 4.69) is 10.3 Å². The Morgan fingerprint density at radius 2 is 1.83 bits per heavy atom. The number of nitrogens with two attached hydrogens (primary N) is 1. The van der Waals surface area contributed by atoms with Crippen molar-refractivity contribution in [2.75, 3.05) is 11.1 Å². The molecule has 0 aliphatic rings. The SMILES string of the molecule is CCC(=O)Nc1ccc(C(=O)CSc2nc3cc(S(N)(=O)=O)ccc3n2CC)cc1. The van der Waals surface area contributed by atoms with Crippen LogP contribution in [-0.2, 0) is 21.4 Å². The number of imidazole rings is 1. The number of carbonyl (C=O) groups is 2. The number of ketones is 1. The summed E-state index contributed by atoms with van der Waals surface area (Å²) in [6.45, 7) is 4.33. The first kappa shape index (κ1) is 22.0. The van der Waals surface area contributed by atoms with Gasteiger partial charge in [-0.1, -0.05) is 18.7 Å². The van der Waals surface area contributed by atoms with Crippen molar-refractivity contribution >= 4 is 50.2 Å². The lowest BCUT2D eigenvalue weighted by atomic mass is 10.1. The van der Waals surface area contributed by atoms with Gasteiger partial charge in [-0.05, 0) is 49.4 Å². The van der Waals surface area contributed by atoms with Crippen LogP contribution in [0, 0.1) is 0 Å². The van der Waals surface area contributed by atoms with Crippen molar-refractivity contribution in [3.63, 3.8) is 0 Å². The van der Waals surface area contributed by atoms with Crippen molar-refractivity contribution in [3.05, 3.63) is 48.0 Å². The van der Waals surface area contributed by atoms with Gasteiger partial charge in [0.25, 0.3) is 0 Å². The van der Waals surface area contributed by atoms with Crippen molar-refractivity contribution in [2.24, 2.45) is 5.14 Å². The summed E-state index contributed by atoms with van der Waals surface area (Å²) < 4.78 is 25.1. The van der Waals surface area contributed by atoms with Gasteiger partial charge in [-0.2, -0.15) is 0 Å². The van der Waals surface area contributed by atoms with E-state index in [1.54, 1.807) is 37.3 Å². The molecule has 0 saturated heterocycles. The Morgan fingerprint density at radius 1 is 1.13 bits per heavy atom. The Labute approximate surface area is 178 Å². The Bertz CT molecular complexity index is 1200. The van der Waals surface area contributed by atoms with Gasteiger partial charge in [-0.3, -0.25) is 9.59 Å². The minimum atomic E-state index is -3.82. The van der Waals surface area contributed by atoms with E-state index >= 15 is 0 Å². The molecule has 0 spiro atoms. The minimum Gasteiger partial charge on any atom is -0.326 e. The second-order valence-corrected chi connectivity index (χ2v) is 9.03. The minimum absolute atomic E-state index is 0.00127. The summed E-state index contributed by atoms with van der Waals surface area (Å²) in [7, 11) is -3.82. The van der Waals surface area contributed by atoms with Gasteiger partial charge in [0.05, 0.1) is 21.7 Å². The van der Waals surface area contributed by atoms with Crippen molar-refractivity contribution in [3.8, 4) is 0 Å². The van der Waals surface area contributed by atoms with Crippen LogP contribution >= 0.6 is 11.8 Å². The number of nitrogens with zero attached hydrogens (tertiary/aromatic N) is 2. The highest BCUT2D eigenvalue weighted by Crippen LogP contribution is 2.26. The molecule has 0 unspecified atom stereocenters. The first-order valence-electron chi connectivity index (χ1n) is 9.32. The molecule has 1 amide bonds. The van der Waals surface area contributed by atoms with Crippen molar-refractivity contribution < 1.29 is 18.0 Å². The zero-order chi connectivity index (χ0) is 21.9. The third-order valence-electron chi connectivity index (χ3n) is 4.47. The first-order valence-corrected chi connectivity index (χ1v) is 11.8. The molecule has 0 radical (unpaired) electrons. The predicted octanol–water partition coefficient (Wildman–Crippen LogP) is 3.03. The molecule has 3 N–H and O–H groups in total. The highest BCUT2D eigenvalue weighted by atomic mass is 32.2. The molecule has 8 nitrogen and oxygen atoms in total. The van der Waals surface area contributed by atoms with E-state index in [0.717, 1.165) is 5.52 Å². The van der Waals surface area contributed by atoms with Gasteiger partial charge >= 0.3 is 0 Å². The van der Waals surface area contributed by atoms with Gasteiger partial charge in [0.15, 0.2) is 10.9 Å². The third kappa shape index (κ3) is 4.89. The number of Topliss-reactive ketones (excluding diaryl/α,β-unsaturated/α-hetero) is 1. The van der Waals surface area contributed by atoms with E-state index in [1.165, 1.54) is 23.9 Å². The summed E-state index contributed by atoms with van der Waals surface area (Å²) in [6.07, 6.45) is 0.383. The average Bonchev–Trinajstić information content (AvgIpc) is 3.08. The quantitative estimate of drug-likeness (QED) is 0.405. The smallest absolute Gasteiger partial charge is 0.238 e. The lowest BCUT2D eigenvalue weighted by Gasteiger charge is -2.07. The predicted molar refractivity (Wildman–Crippen MR) is 117 cm³/mol. The molecule has 3 aromatic rings. The van der Waals surface area contributed by atoms with Crippen LogP contribution in [-0.4, -0.2) is 35.4 Å². The summed E-state index contributed by atoms with van der Waals surface area (Å²) in [6, 6.07) is 11.3. The van der Waals surface area contributed by atoms with E-state index in [9.17, 15) is 18.0 Å². The third-order valence-corrected chi connectivity index (χ3v) is 6.36. The van der Waals surface area contributed by atoms with E-state index < -0.39 is 10.0 Å². The Morgan fingerprint density at radius 3 is 2.43 bits per heavy atom. The molecular formula is C20H22N4O4S2. The van der Waals surface area contributed by atoms with Crippen LogP contribution < -0.4 is 10.5 Å². The summed E-state index contributed by atoms with van der Waals surface area (Å²) >= 11 is 1.28. The van der Waals surface area contributed by atoms with Gasteiger partial charge in [-0.15, -0.1) is 0 Å². The number of rotatable bonds is 8. The molecule has 3 rings (SSSR count). The van der Waals surface area contributed by atoms with Crippen molar-refractivity contribution in [1.82, 2.24) is 9.55 Å². The van der Waals surface area contributed by atoms with E-state index in [4.69, 9.17) is 5.14 Å². The molecule has 0 aliphatic carbocycles. The van der Waals surface area contributed by atoms with Crippen LogP contribution in [0.3, 0.4) is 0 Å². The molecule has 1 aromatic heterocycles. The number of hydrogen-bond acceptors (Lipinski definition) is 6. The number of amides is 1. The zero-order valence-electron chi connectivity index (χ0n) is 16.6. The number of thioether (sulfide) groups is 1. The highest BCUT2D eigenvalue weighted by molar-refractivity contribution is 7.99. The van der Waals surface area contributed by atoms with Gasteiger partial charge in [0.2, 0.25) is 15.9 Å². The number of hydrogen-bond donors (Lipinski definition) is 2. The number of primary sulfonamides is 1. The second-order valence-electron chi connectivity index (χ2n) is 6.53. The van der Waals surface area contributed by atoms with Gasteiger partial charge in [0, 0.05) is 24.2 Å². The molecule has 0 bridgehead atoms. The highest BCUT2D eigenvalue weighted by Gasteiger charge is 2.16. The maximum Gasteiger partial charge on any atom is 0.238 e. The second kappa shape index (κ2) is 8.99. The molecule has 0 saturated carbocycles. The fourth-order valence-electron chi connectivity index (χ4n) is 2.88. The normalized spacial score (nSPS) is 11.6. The van der Waals surface area contributed by atoms with Crippen LogP contribution in [0.15, 0.2) is 52.5 Å².